The lowest BCUT2D eigenvalue weighted by molar-refractivity contribution is 0.619. The third kappa shape index (κ3) is 2.54. The molecule has 0 aliphatic rings. The minimum atomic E-state index is -0.245. The summed E-state index contributed by atoms with van der Waals surface area (Å²) in [4.78, 5) is 4.03. The second-order valence-electron chi connectivity index (χ2n) is 2.89. The predicted octanol–water partition coefficient (Wildman–Crippen LogP) is 2.53. The van der Waals surface area contributed by atoms with E-state index in [1.165, 1.54) is 6.07 Å². The summed E-state index contributed by atoms with van der Waals surface area (Å²) in [7, 11) is 0. The number of amidine groups is 1. The highest BCUT2D eigenvalue weighted by molar-refractivity contribution is 5.82. The molecule has 0 aliphatic carbocycles. The van der Waals surface area contributed by atoms with E-state index in [0.717, 1.165) is 0 Å². The quantitative estimate of drug-likeness (QED) is 0.551. The maximum absolute atomic E-state index is 13.0. The predicted molar refractivity (Wildman–Crippen MR) is 52.7 cm³/mol. The van der Waals surface area contributed by atoms with Crippen LogP contribution in [0, 0.1) is 12.7 Å². The molecule has 2 N–H and O–H groups in total. The average molecular weight is 180 g/mol. The number of halogens is 1. The standard InChI is InChI=1S/C10H13FN2/c1-3-10(12)13-8-5-4-7(2)9(11)6-8/h4-6H,3H2,1-2H3,(H2,12,13). The molecule has 0 unspecified atom stereocenters. The van der Waals surface area contributed by atoms with Crippen LogP contribution >= 0.6 is 0 Å². The molecule has 1 aromatic rings. The Kier molecular flexibility index (Phi) is 3.01. The molecule has 0 amide bonds. The summed E-state index contributed by atoms with van der Waals surface area (Å²) in [6.07, 6.45) is 0.676. The fourth-order valence-corrected chi connectivity index (χ4v) is 0.896. The first-order valence-electron chi connectivity index (χ1n) is 4.22. The second kappa shape index (κ2) is 4.03. The fourth-order valence-electron chi connectivity index (χ4n) is 0.896. The van der Waals surface area contributed by atoms with Gasteiger partial charge in [-0.25, -0.2) is 9.38 Å². The van der Waals surface area contributed by atoms with Gasteiger partial charge in [0.1, 0.15) is 5.82 Å². The van der Waals surface area contributed by atoms with Crippen molar-refractivity contribution in [3.8, 4) is 0 Å². The van der Waals surface area contributed by atoms with E-state index in [1.807, 2.05) is 6.92 Å². The first-order chi connectivity index (χ1) is 6.13. The van der Waals surface area contributed by atoms with Crippen LogP contribution in [-0.4, -0.2) is 5.84 Å². The largest absolute Gasteiger partial charge is 0.387 e. The van der Waals surface area contributed by atoms with Crippen LogP contribution in [-0.2, 0) is 0 Å². The van der Waals surface area contributed by atoms with Crippen molar-refractivity contribution in [2.24, 2.45) is 10.7 Å². The molecule has 0 aromatic heterocycles. The van der Waals surface area contributed by atoms with Crippen LogP contribution in [0.1, 0.15) is 18.9 Å². The van der Waals surface area contributed by atoms with E-state index in [0.29, 0.717) is 23.5 Å². The lowest BCUT2D eigenvalue weighted by atomic mass is 10.2. The minimum Gasteiger partial charge on any atom is -0.387 e. The number of aryl methyl sites for hydroxylation is 1. The average Bonchev–Trinajstić information content (AvgIpc) is 2.11. The van der Waals surface area contributed by atoms with Crippen molar-refractivity contribution < 1.29 is 4.39 Å². The number of rotatable bonds is 2. The highest BCUT2D eigenvalue weighted by atomic mass is 19.1. The number of aliphatic imine (C=N–C) groups is 1. The molecule has 13 heavy (non-hydrogen) atoms. The number of nitrogens with two attached hydrogens (primary N) is 1. The molecular weight excluding hydrogens is 167 g/mol. The van der Waals surface area contributed by atoms with Gasteiger partial charge < -0.3 is 5.73 Å². The van der Waals surface area contributed by atoms with Crippen molar-refractivity contribution >= 4 is 11.5 Å². The van der Waals surface area contributed by atoms with E-state index in [1.54, 1.807) is 19.1 Å². The van der Waals surface area contributed by atoms with Gasteiger partial charge in [0.15, 0.2) is 0 Å². The van der Waals surface area contributed by atoms with Gasteiger partial charge in [0.25, 0.3) is 0 Å². The maximum atomic E-state index is 13.0. The zero-order chi connectivity index (χ0) is 9.84. The van der Waals surface area contributed by atoms with Gasteiger partial charge in [0.05, 0.1) is 11.5 Å². The number of nitrogens with zero attached hydrogens (tertiary/aromatic N) is 1. The van der Waals surface area contributed by atoms with Gasteiger partial charge in [0, 0.05) is 6.42 Å². The van der Waals surface area contributed by atoms with Crippen molar-refractivity contribution in [3.63, 3.8) is 0 Å². The summed E-state index contributed by atoms with van der Waals surface area (Å²) in [5.41, 5.74) is 6.71. The molecule has 0 saturated heterocycles. The van der Waals surface area contributed by atoms with Crippen molar-refractivity contribution in [3.05, 3.63) is 29.6 Å². The molecule has 3 heteroatoms. The van der Waals surface area contributed by atoms with Gasteiger partial charge in [0.2, 0.25) is 0 Å². The monoisotopic (exact) mass is 180 g/mol. The summed E-state index contributed by atoms with van der Waals surface area (Å²) in [6.45, 7) is 3.62. The van der Waals surface area contributed by atoms with Gasteiger partial charge in [-0.15, -0.1) is 0 Å². The highest BCUT2D eigenvalue weighted by Crippen LogP contribution is 2.16. The van der Waals surface area contributed by atoms with Crippen LogP contribution in [0.15, 0.2) is 23.2 Å². The lowest BCUT2D eigenvalue weighted by Gasteiger charge is -1.99. The van der Waals surface area contributed by atoms with Gasteiger partial charge in [-0.3, -0.25) is 0 Å². The van der Waals surface area contributed by atoms with Crippen molar-refractivity contribution in [2.75, 3.05) is 0 Å². The van der Waals surface area contributed by atoms with Crippen LogP contribution in [0.2, 0.25) is 0 Å². The zero-order valence-corrected chi connectivity index (χ0v) is 7.84. The van der Waals surface area contributed by atoms with E-state index < -0.39 is 0 Å². The van der Waals surface area contributed by atoms with E-state index in [-0.39, 0.29) is 5.82 Å². The molecule has 0 radical (unpaired) electrons. The Labute approximate surface area is 77.3 Å². The molecular formula is C10H13FN2. The van der Waals surface area contributed by atoms with Crippen LogP contribution < -0.4 is 5.73 Å². The first kappa shape index (κ1) is 9.71. The topological polar surface area (TPSA) is 38.4 Å². The molecule has 0 atom stereocenters. The molecule has 2 nitrogen and oxygen atoms in total. The van der Waals surface area contributed by atoms with Crippen LogP contribution in [0.4, 0.5) is 10.1 Å². The minimum absolute atomic E-state index is 0.245. The molecule has 0 aliphatic heterocycles. The van der Waals surface area contributed by atoms with Gasteiger partial charge >= 0.3 is 0 Å². The van der Waals surface area contributed by atoms with E-state index in [9.17, 15) is 4.39 Å². The SMILES string of the molecule is CCC(N)=Nc1ccc(C)c(F)c1. The molecule has 70 valence electrons. The lowest BCUT2D eigenvalue weighted by Crippen LogP contribution is -2.08. The molecule has 0 saturated carbocycles. The van der Waals surface area contributed by atoms with E-state index in [2.05, 4.69) is 4.99 Å². The smallest absolute Gasteiger partial charge is 0.128 e. The Morgan fingerprint density at radius 1 is 1.54 bits per heavy atom. The third-order valence-corrected chi connectivity index (χ3v) is 1.79. The van der Waals surface area contributed by atoms with E-state index in [4.69, 9.17) is 5.73 Å². The Hall–Kier alpha value is -1.38. The summed E-state index contributed by atoms with van der Waals surface area (Å²) < 4.78 is 13.0. The van der Waals surface area contributed by atoms with Crippen molar-refractivity contribution in [2.45, 2.75) is 20.3 Å². The van der Waals surface area contributed by atoms with Crippen molar-refractivity contribution in [1.29, 1.82) is 0 Å². The maximum Gasteiger partial charge on any atom is 0.128 e. The Morgan fingerprint density at radius 3 is 2.77 bits per heavy atom. The Morgan fingerprint density at radius 2 is 2.23 bits per heavy atom. The molecule has 1 rings (SSSR count). The number of hydrogen-bond donors (Lipinski definition) is 1. The number of hydrogen-bond acceptors (Lipinski definition) is 1. The first-order valence-corrected chi connectivity index (χ1v) is 4.22. The summed E-state index contributed by atoms with van der Waals surface area (Å²) in [5, 5.41) is 0. The number of benzene rings is 1. The van der Waals surface area contributed by atoms with Gasteiger partial charge in [-0.05, 0) is 24.6 Å². The van der Waals surface area contributed by atoms with Gasteiger partial charge in [-0.2, -0.15) is 0 Å². The van der Waals surface area contributed by atoms with Gasteiger partial charge in [-0.1, -0.05) is 13.0 Å². The molecule has 0 spiro atoms. The Balaban J connectivity index is 2.98. The van der Waals surface area contributed by atoms with Crippen LogP contribution in [0.25, 0.3) is 0 Å². The third-order valence-electron chi connectivity index (χ3n) is 1.79. The summed E-state index contributed by atoms with van der Waals surface area (Å²) in [6, 6.07) is 4.83. The zero-order valence-electron chi connectivity index (χ0n) is 7.84. The van der Waals surface area contributed by atoms with Crippen LogP contribution in [0.5, 0.6) is 0 Å². The van der Waals surface area contributed by atoms with Crippen molar-refractivity contribution in [1.82, 2.24) is 0 Å². The second-order valence-corrected chi connectivity index (χ2v) is 2.89. The molecule has 0 fully saturated rings. The molecule has 0 heterocycles. The fraction of sp³-hybridized carbons (Fsp3) is 0.300. The normalized spacial score (nSPS) is 11.8. The Bertz CT molecular complexity index is 332. The molecule has 1 aromatic carbocycles. The van der Waals surface area contributed by atoms with Crippen LogP contribution in [0.3, 0.4) is 0 Å². The summed E-state index contributed by atoms with van der Waals surface area (Å²) >= 11 is 0. The molecule has 0 bridgehead atoms. The highest BCUT2D eigenvalue weighted by Gasteiger charge is 1.98. The van der Waals surface area contributed by atoms with E-state index >= 15 is 0 Å². The summed E-state index contributed by atoms with van der Waals surface area (Å²) in [5.74, 6) is 0.272.